The number of carbonyl (C=O) groups excluding carboxylic acids is 1. The molecule has 1 aromatic carbocycles. The summed E-state index contributed by atoms with van der Waals surface area (Å²) < 4.78 is 23.1. The van der Waals surface area contributed by atoms with Crippen LogP contribution in [-0.4, -0.2) is 32.3 Å². The molecule has 1 amide bonds. The fourth-order valence-corrected chi connectivity index (χ4v) is 3.13. The average molecular weight is 303 g/mol. The predicted molar refractivity (Wildman–Crippen MR) is 72.6 cm³/mol. The van der Waals surface area contributed by atoms with Crippen LogP contribution in [0.3, 0.4) is 0 Å². The molecule has 104 valence electrons. The second kappa shape index (κ2) is 5.11. The normalized spacial score (nSPS) is 15.9. The van der Waals surface area contributed by atoms with E-state index in [9.17, 15) is 13.2 Å². The third-order valence-corrected chi connectivity index (χ3v) is 4.71. The van der Waals surface area contributed by atoms with Crippen molar-refractivity contribution >= 4 is 27.5 Å². The lowest BCUT2D eigenvalue weighted by atomic mass is 9.91. The number of halogens is 1. The smallest absolute Gasteiger partial charge is 0.256 e. The Morgan fingerprint density at radius 1 is 1.42 bits per heavy atom. The molecule has 2 rings (SSSR count). The Labute approximate surface area is 117 Å². The maximum absolute atomic E-state index is 12.4. The van der Waals surface area contributed by atoms with Gasteiger partial charge in [0.15, 0.2) is 0 Å². The Morgan fingerprint density at radius 3 is 2.53 bits per heavy atom. The summed E-state index contributed by atoms with van der Waals surface area (Å²) in [7, 11) is -2.33. The first-order chi connectivity index (χ1) is 8.82. The highest BCUT2D eigenvalue weighted by atomic mass is 35.5. The van der Waals surface area contributed by atoms with E-state index in [-0.39, 0.29) is 21.5 Å². The molecular formula is C12H15ClN2O3S. The van der Waals surface area contributed by atoms with Gasteiger partial charge in [0.1, 0.15) is 0 Å². The minimum absolute atomic E-state index is 0.0407. The van der Waals surface area contributed by atoms with Gasteiger partial charge in [-0.2, -0.15) is 0 Å². The minimum atomic E-state index is -3.98. The van der Waals surface area contributed by atoms with Crippen molar-refractivity contribution in [2.24, 2.45) is 5.14 Å². The van der Waals surface area contributed by atoms with Gasteiger partial charge in [-0.25, -0.2) is 13.6 Å². The monoisotopic (exact) mass is 302 g/mol. The van der Waals surface area contributed by atoms with Gasteiger partial charge in [0.2, 0.25) is 10.0 Å². The maximum atomic E-state index is 12.4. The summed E-state index contributed by atoms with van der Waals surface area (Å²) >= 11 is 5.97. The highest BCUT2D eigenvalue weighted by molar-refractivity contribution is 7.89. The van der Waals surface area contributed by atoms with E-state index in [0.29, 0.717) is 0 Å². The second-order valence-corrected chi connectivity index (χ2v) is 6.60. The molecule has 0 bridgehead atoms. The first-order valence-corrected chi connectivity index (χ1v) is 7.83. The van der Waals surface area contributed by atoms with Gasteiger partial charge in [-0.05, 0) is 31.4 Å². The molecule has 0 aromatic heterocycles. The fraction of sp³-hybridized carbons (Fsp3) is 0.417. The molecule has 0 heterocycles. The van der Waals surface area contributed by atoms with Crippen LogP contribution >= 0.6 is 11.6 Å². The molecule has 0 unspecified atom stereocenters. The summed E-state index contributed by atoms with van der Waals surface area (Å²) in [4.78, 5) is 13.7. The van der Waals surface area contributed by atoms with Crippen LogP contribution in [0.15, 0.2) is 23.1 Å². The van der Waals surface area contributed by atoms with E-state index in [1.807, 2.05) is 0 Å². The number of nitrogens with zero attached hydrogens (tertiary/aromatic N) is 1. The summed E-state index contributed by atoms with van der Waals surface area (Å²) in [6, 6.07) is 4.39. The molecule has 1 aliphatic rings. The fourth-order valence-electron chi connectivity index (χ4n) is 2.07. The van der Waals surface area contributed by atoms with Gasteiger partial charge in [-0.3, -0.25) is 4.79 Å². The van der Waals surface area contributed by atoms with Crippen LogP contribution in [0.1, 0.15) is 29.6 Å². The molecule has 1 aliphatic carbocycles. The van der Waals surface area contributed by atoms with Crippen molar-refractivity contribution in [3.05, 3.63) is 28.8 Å². The molecular weight excluding hydrogens is 288 g/mol. The van der Waals surface area contributed by atoms with Crippen molar-refractivity contribution in [1.82, 2.24) is 4.90 Å². The zero-order chi connectivity index (χ0) is 14.2. The predicted octanol–water partition coefficient (Wildman–Crippen LogP) is 1.61. The lowest BCUT2D eigenvalue weighted by Gasteiger charge is -2.35. The van der Waals surface area contributed by atoms with Crippen LogP contribution in [0.25, 0.3) is 0 Å². The van der Waals surface area contributed by atoms with Crippen molar-refractivity contribution in [3.63, 3.8) is 0 Å². The number of sulfonamides is 1. The molecule has 19 heavy (non-hydrogen) atoms. The van der Waals surface area contributed by atoms with Crippen molar-refractivity contribution in [2.45, 2.75) is 30.2 Å². The number of primary sulfonamides is 1. The van der Waals surface area contributed by atoms with Crippen LogP contribution in [0, 0.1) is 0 Å². The van der Waals surface area contributed by atoms with Gasteiger partial charge in [0.25, 0.3) is 5.91 Å². The second-order valence-electron chi connectivity index (χ2n) is 4.66. The molecule has 0 atom stereocenters. The van der Waals surface area contributed by atoms with Crippen molar-refractivity contribution in [3.8, 4) is 0 Å². The molecule has 5 nitrogen and oxygen atoms in total. The summed E-state index contributed by atoms with van der Waals surface area (Å²) in [5, 5.41) is 5.23. The van der Waals surface area contributed by atoms with Crippen LogP contribution in [0.5, 0.6) is 0 Å². The number of rotatable bonds is 3. The van der Waals surface area contributed by atoms with E-state index in [0.717, 1.165) is 19.3 Å². The number of amides is 1. The number of carbonyl (C=O) groups is 1. The van der Waals surface area contributed by atoms with Gasteiger partial charge in [-0.15, -0.1) is 0 Å². The first kappa shape index (κ1) is 14.3. The zero-order valence-corrected chi connectivity index (χ0v) is 12.0. The van der Waals surface area contributed by atoms with Crippen molar-refractivity contribution in [2.75, 3.05) is 7.05 Å². The Hall–Kier alpha value is -1.11. The molecule has 0 aliphatic heterocycles. The number of benzene rings is 1. The third kappa shape index (κ3) is 2.75. The summed E-state index contributed by atoms with van der Waals surface area (Å²) in [5.41, 5.74) is -0.0407. The van der Waals surface area contributed by atoms with Crippen LogP contribution in [0.4, 0.5) is 0 Å². The number of nitrogens with two attached hydrogens (primary N) is 1. The van der Waals surface area contributed by atoms with Crippen molar-refractivity contribution in [1.29, 1.82) is 0 Å². The van der Waals surface area contributed by atoms with E-state index in [1.165, 1.54) is 18.2 Å². The summed E-state index contributed by atoms with van der Waals surface area (Å²) in [6.07, 6.45) is 2.93. The minimum Gasteiger partial charge on any atom is -0.339 e. The van der Waals surface area contributed by atoms with Gasteiger partial charge < -0.3 is 4.90 Å². The SMILES string of the molecule is CN(C(=O)c1c(Cl)cccc1S(N)(=O)=O)C1CCC1. The molecule has 0 radical (unpaired) electrons. The third-order valence-electron chi connectivity index (χ3n) is 3.44. The quantitative estimate of drug-likeness (QED) is 0.921. The number of hydrogen-bond donors (Lipinski definition) is 1. The molecule has 0 spiro atoms. The van der Waals surface area contributed by atoms with Gasteiger partial charge in [0.05, 0.1) is 15.5 Å². The lowest BCUT2D eigenvalue weighted by molar-refractivity contribution is 0.0648. The topological polar surface area (TPSA) is 80.5 Å². The molecule has 2 N–H and O–H groups in total. The standard InChI is InChI=1S/C12H15ClN2O3S/c1-15(8-4-2-5-8)12(16)11-9(13)6-3-7-10(11)19(14,17)18/h3,6-8H,2,4-5H2,1H3,(H2,14,17,18). The van der Waals surface area contributed by atoms with Gasteiger partial charge in [0, 0.05) is 13.1 Å². The first-order valence-electron chi connectivity index (χ1n) is 5.91. The molecule has 1 aromatic rings. The summed E-state index contributed by atoms with van der Waals surface area (Å²) in [6.45, 7) is 0. The Bertz CT molecular complexity index is 611. The zero-order valence-electron chi connectivity index (χ0n) is 10.5. The van der Waals surface area contributed by atoms with Crippen molar-refractivity contribution < 1.29 is 13.2 Å². The molecule has 7 heteroatoms. The molecule has 1 fully saturated rings. The average Bonchev–Trinajstić information content (AvgIpc) is 2.24. The van der Waals surface area contributed by atoms with E-state index in [1.54, 1.807) is 11.9 Å². The van der Waals surface area contributed by atoms with Crippen LogP contribution in [-0.2, 0) is 10.0 Å². The lowest BCUT2D eigenvalue weighted by Crippen LogP contribution is -2.42. The van der Waals surface area contributed by atoms with Gasteiger partial charge >= 0.3 is 0 Å². The van der Waals surface area contributed by atoms with E-state index in [2.05, 4.69) is 0 Å². The van der Waals surface area contributed by atoms with Crippen LogP contribution in [0.2, 0.25) is 5.02 Å². The highest BCUT2D eigenvalue weighted by Gasteiger charge is 2.30. The van der Waals surface area contributed by atoms with E-state index in [4.69, 9.17) is 16.7 Å². The Balaban J connectivity index is 2.46. The largest absolute Gasteiger partial charge is 0.339 e. The highest BCUT2D eigenvalue weighted by Crippen LogP contribution is 2.29. The molecule has 0 saturated heterocycles. The van der Waals surface area contributed by atoms with Crippen LogP contribution < -0.4 is 5.14 Å². The van der Waals surface area contributed by atoms with Gasteiger partial charge in [-0.1, -0.05) is 17.7 Å². The van der Waals surface area contributed by atoms with E-state index >= 15 is 0 Å². The Morgan fingerprint density at radius 2 is 2.05 bits per heavy atom. The summed E-state index contributed by atoms with van der Waals surface area (Å²) in [5.74, 6) is -0.403. The van der Waals surface area contributed by atoms with E-state index < -0.39 is 15.9 Å². The number of hydrogen-bond acceptors (Lipinski definition) is 3. The maximum Gasteiger partial charge on any atom is 0.256 e. The molecule has 1 saturated carbocycles. The Kier molecular flexibility index (Phi) is 3.85.